The van der Waals surface area contributed by atoms with Crippen molar-refractivity contribution in [2.24, 2.45) is 23.7 Å². The number of aliphatic hydroxyl groups is 1. The molecule has 3 N–H and O–H groups in total. The van der Waals surface area contributed by atoms with Crippen LogP contribution in [0.4, 0.5) is 0 Å². The van der Waals surface area contributed by atoms with Gasteiger partial charge in [-0.1, -0.05) is 338 Å². The Morgan fingerprint density at radius 3 is 0.646 bits per heavy atom. The van der Waals surface area contributed by atoms with Crippen molar-refractivity contribution >= 4 is 39.5 Å². The van der Waals surface area contributed by atoms with Gasteiger partial charge in [-0.3, -0.25) is 37.3 Å². The smallest absolute Gasteiger partial charge is 0.462 e. The number of phosphoric acid groups is 2. The Morgan fingerprint density at radius 1 is 0.260 bits per heavy atom. The fraction of sp³-hybridized carbons (Fsp3) is 0.948. The first-order valence-corrected chi connectivity index (χ1v) is 42.7. The van der Waals surface area contributed by atoms with Crippen molar-refractivity contribution in [3.8, 4) is 0 Å². The number of phosphoric ester groups is 2. The van der Waals surface area contributed by atoms with E-state index >= 15 is 0 Å². The second-order valence-corrected chi connectivity index (χ2v) is 32.6. The Labute approximate surface area is 588 Å². The summed E-state index contributed by atoms with van der Waals surface area (Å²) in [6, 6.07) is 0. The summed E-state index contributed by atoms with van der Waals surface area (Å²) in [6.45, 7) is 14.2. The average molecular weight is 1410 g/mol. The van der Waals surface area contributed by atoms with Gasteiger partial charge < -0.3 is 33.8 Å². The highest BCUT2D eigenvalue weighted by Crippen LogP contribution is 2.45. The first-order chi connectivity index (χ1) is 46.1. The minimum Gasteiger partial charge on any atom is -0.462 e. The van der Waals surface area contributed by atoms with E-state index in [1.54, 1.807) is 0 Å². The molecule has 0 radical (unpaired) electrons. The summed E-state index contributed by atoms with van der Waals surface area (Å²) in [4.78, 5) is 72.8. The Hall–Kier alpha value is -1.94. The molecule has 0 aromatic heterocycles. The lowest BCUT2D eigenvalue weighted by Gasteiger charge is -2.21. The number of unbranched alkanes of at least 4 members (excludes halogenated alkanes) is 40. The van der Waals surface area contributed by atoms with Gasteiger partial charge in [0.25, 0.3) is 0 Å². The molecule has 17 nitrogen and oxygen atoms in total. The Morgan fingerprint density at radius 2 is 0.438 bits per heavy atom. The number of aliphatic hydroxyl groups excluding tert-OH is 1. The van der Waals surface area contributed by atoms with Crippen LogP contribution in [0.3, 0.4) is 0 Å². The SMILES string of the molecule is CC(C)CCCCCCCCCCCCCCCCCCC(=O)O[C@H](COC(=O)CCCCCCCCC(C)C)COP(=O)(O)OCC(O)COP(=O)(O)OC[C@@H](COC(=O)CCCCCCCCCCCCCCCC(C)C)OC(=O)CCCCCCCCCCCC(C)C. The number of carbonyl (C=O) groups excluding carboxylic acids is 4. The maximum atomic E-state index is 13.1. The van der Waals surface area contributed by atoms with Crippen molar-refractivity contribution in [3.63, 3.8) is 0 Å². The average Bonchev–Trinajstić information content (AvgIpc) is 1.14. The molecule has 0 spiro atoms. The van der Waals surface area contributed by atoms with Gasteiger partial charge in [-0.2, -0.15) is 0 Å². The van der Waals surface area contributed by atoms with Crippen LogP contribution in [0.1, 0.15) is 389 Å². The van der Waals surface area contributed by atoms with Crippen LogP contribution in [0.5, 0.6) is 0 Å². The van der Waals surface area contributed by atoms with E-state index < -0.39 is 97.5 Å². The lowest BCUT2D eigenvalue weighted by atomic mass is 10.0. The molecule has 19 heteroatoms. The first kappa shape index (κ1) is 94.1. The molecule has 0 heterocycles. The summed E-state index contributed by atoms with van der Waals surface area (Å²) in [5, 5.41) is 10.6. The first-order valence-electron chi connectivity index (χ1n) is 39.7. The van der Waals surface area contributed by atoms with Crippen LogP contribution in [0.2, 0.25) is 0 Å². The van der Waals surface area contributed by atoms with Gasteiger partial charge in [-0.25, -0.2) is 9.13 Å². The van der Waals surface area contributed by atoms with Crippen LogP contribution in [0.25, 0.3) is 0 Å². The van der Waals surface area contributed by atoms with Crippen LogP contribution < -0.4 is 0 Å². The maximum Gasteiger partial charge on any atom is 0.472 e. The number of esters is 4. The third kappa shape index (κ3) is 70.5. The highest BCUT2D eigenvalue weighted by Gasteiger charge is 2.30. The third-order valence-electron chi connectivity index (χ3n) is 17.8. The highest BCUT2D eigenvalue weighted by atomic mass is 31.2. The summed E-state index contributed by atoms with van der Waals surface area (Å²) >= 11 is 0. The molecule has 570 valence electrons. The zero-order chi connectivity index (χ0) is 71.0. The predicted octanol–water partition coefficient (Wildman–Crippen LogP) is 22.4. The third-order valence-corrected chi connectivity index (χ3v) is 19.7. The van der Waals surface area contributed by atoms with Crippen molar-refractivity contribution in [2.45, 2.75) is 408 Å². The lowest BCUT2D eigenvalue weighted by molar-refractivity contribution is -0.161. The van der Waals surface area contributed by atoms with Gasteiger partial charge in [0.2, 0.25) is 0 Å². The Balaban J connectivity index is 5.19. The highest BCUT2D eigenvalue weighted by molar-refractivity contribution is 7.47. The van der Waals surface area contributed by atoms with Gasteiger partial charge in [0, 0.05) is 25.7 Å². The van der Waals surface area contributed by atoms with Gasteiger partial charge in [0.15, 0.2) is 12.2 Å². The molecule has 3 unspecified atom stereocenters. The normalized spacial score (nSPS) is 14.1. The second kappa shape index (κ2) is 66.3. The summed E-state index contributed by atoms with van der Waals surface area (Å²) < 4.78 is 68.5. The molecule has 0 amide bonds. The van der Waals surface area contributed by atoms with Crippen LogP contribution in [-0.4, -0.2) is 96.7 Å². The molecule has 0 saturated heterocycles. The standard InChI is InChI=1S/C77H150O17P2/c1-67(2)53-45-37-29-23-18-14-11-9-10-12-16-21-27-33-43-51-59-76(81)94-73(64-88-75(80)58-50-42-36-35-40-48-56-70(7)8)66-92-96(85,86)90-62-71(78)61-89-95(83,84)91-65-72(93-77(82)60-52-44-34-28-22-25-31-39-47-55-69(5)6)63-87-74(79)57-49-41-32-26-20-17-13-15-19-24-30-38-46-54-68(3)4/h67-73,78H,9-66H2,1-8H3,(H,83,84)(H,85,86)/t71?,72-,73-/m1/s1. The van der Waals surface area contributed by atoms with Crippen molar-refractivity contribution in [2.75, 3.05) is 39.6 Å². The molecule has 0 aliphatic carbocycles. The zero-order valence-corrected chi connectivity index (χ0v) is 64.8. The predicted molar refractivity (Wildman–Crippen MR) is 391 cm³/mol. The van der Waals surface area contributed by atoms with Crippen molar-refractivity contribution in [3.05, 3.63) is 0 Å². The second-order valence-electron chi connectivity index (χ2n) is 29.7. The molecular weight excluding hydrogens is 1260 g/mol. The molecule has 0 aromatic carbocycles. The number of carbonyl (C=O) groups is 4. The molecule has 0 bridgehead atoms. The van der Waals surface area contributed by atoms with Gasteiger partial charge in [-0.05, 0) is 49.4 Å². The molecule has 0 aliphatic rings. The van der Waals surface area contributed by atoms with E-state index in [2.05, 4.69) is 55.4 Å². The molecule has 96 heavy (non-hydrogen) atoms. The summed E-state index contributed by atoms with van der Waals surface area (Å²) in [7, 11) is -9.91. The van der Waals surface area contributed by atoms with Crippen LogP contribution in [0, 0.1) is 23.7 Å². The largest absolute Gasteiger partial charge is 0.472 e. The number of hydrogen-bond donors (Lipinski definition) is 3. The van der Waals surface area contributed by atoms with E-state index in [9.17, 15) is 43.2 Å². The molecule has 0 aliphatic heterocycles. The minimum atomic E-state index is -4.96. The Bertz CT molecular complexity index is 1880. The van der Waals surface area contributed by atoms with Crippen LogP contribution in [0.15, 0.2) is 0 Å². The van der Waals surface area contributed by atoms with Crippen molar-refractivity contribution in [1.82, 2.24) is 0 Å². The van der Waals surface area contributed by atoms with Gasteiger partial charge >= 0.3 is 39.5 Å². The number of ether oxygens (including phenoxy) is 4. The molecule has 0 rings (SSSR count). The number of rotatable bonds is 74. The Kier molecular flexibility index (Phi) is 65.0. The fourth-order valence-corrected chi connectivity index (χ4v) is 13.3. The van der Waals surface area contributed by atoms with Crippen LogP contribution >= 0.6 is 15.6 Å². The van der Waals surface area contributed by atoms with E-state index in [1.165, 1.54) is 186 Å². The van der Waals surface area contributed by atoms with Crippen molar-refractivity contribution < 1.29 is 80.2 Å². The quantitative estimate of drug-likeness (QED) is 0.0222. The van der Waals surface area contributed by atoms with E-state index in [0.717, 1.165) is 114 Å². The topological polar surface area (TPSA) is 237 Å². The molecule has 5 atom stereocenters. The van der Waals surface area contributed by atoms with E-state index in [-0.39, 0.29) is 25.7 Å². The van der Waals surface area contributed by atoms with Crippen molar-refractivity contribution in [1.29, 1.82) is 0 Å². The fourth-order valence-electron chi connectivity index (χ4n) is 11.7. The molecule has 0 fully saturated rings. The van der Waals surface area contributed by atoms with Gasteiger partial charge in [0.05, 0.1) is 26.4 Å². The zero-order valence-electron chi connectivity index (χ0n) is 63.0. The minimum absolute atomic E-state index is 0.105. The molecular formula is C77H150O17P2. The van der Waals surface area contributed by atoms with Crippen LogP contribution in [-0.2, 0) is 65.4 Å². The van der Waals surface area contributed by atoms with E-state index in [1.807, 2.05) is 0 Å². The summed E-state index contributed by atoms with van der Waals surface area (Å²) in [5.41, 5.74) is 0. The van der Waals surface area contributed by atoms with Gasteiger partial charge in [0.1, 0.15) is 19.3 Å². The van der Waals surface area contributed by atoms with E-state index in [4.69, 9.17) is 37.0 Å². The molecule has 0 saturated carbocycles. The maximum absolute atomic E-state index is 13.1. The lowest BCUT2D eigenvalue weighted by Crippen LogP contribution is -2.30. The number of hydrogen-bond acceptors (Lipinski definition) is 15. The van der Waals surface area contributed by atoms with E-state index in [0.29, 0.717) is 31.6 Å². The van der Waals surface area contributed by atoms with Gasteiger partial charge in [-0.15, -0.1) is 0 Å². The molecule has 0 aromatic rings. The monoisotopic (exact) mass is 1410 g/mol. The summed E-state index contributed by atoms with van der Waals surface area (Å²) in [5.74, 6) is 0.894. The summed E-state index contributed by atoms with van der Waals surface area (Å²) in [6.07, 6.45) is 51.6.